The molecule has 1 heterocycles. The van der Waals surface area contributed by atoms with Crippen molar-refractivity contribution in [2.24, 2.45) is 0 Å². The molecule has 1 aliphatic heterocycles. The maximum atomic E-state index is 4.17. The van der Waals surface area contributed by atoms with Crippen LogP contribution in [0.3, 0.4) is 0 Å². The van der Waals surface area contributed by atoms with Gasteiger partial charge in [0.2, 0.25) is 0 Å². The minimum Gasteiger partial charge on any atom is -0.168 e. The number of hydrogen-bond donors (Lipinski definition) is 0. The van der Waals surface area contributed by atoms with Gasteiger partial charge in [-0.15, -0.1) is 58.3 Å². The summed E-state index contributed by atoms with van der Waals surface area (Å²) in [5.74, 6) is 0. The molecule has 6 heteroatoms. The zero-order valence-electron chi connectivity index (χ0n) is 13.5. The van der Waals surface area contributed by atoms with Gasteiger partial charge in [-0.1, -0.05) is 45.8 Å². The van der Waals surface area contributed by atoms with Crippen molar-refractivity contribution in [3.63, 3.8) is 0 Å². The van der Waals surface area contributed by atoms with Crippen molar-refractivity contribution >= 4 is 59.0 Å². The monoisotopic (exact) mass is 556 g/mol. The van der Waals surface area contributed by atoms with Crippen molar-refractivity contribution in [1.82, 2.24) is 0 Å². The second kappa shape index (κ2) is 11.8. The molecule has 0 fully saturated rings. The fourth-order valence-corrected chi connectivity index (χ4v) is 4.19. The van der Waals surface area contributed by atoms with Gasteiger partial charge in [-0.25, -0.2) is 0 Å². The predicted octanol–water partition coefficient (Wildman–Crippen LogP) is 0.908. The first-order valence-electron chi connectivity index (χ1n) is 7.38. The Labute approximate surface area is 197 Å². The summed E-state index contributed by atoms with van der Waals surface area (Å²) in [5, 5.41) is 6.00. The molecule has 0 radical (unpaired) electrons. The van der Waals surface area contributed by atoms with Crippen LogP contribution in [0.15, 0.2) is 72.3 Å². The van der Waals surface area contributed by atoms with E-state index in [1.807, 2.05) is 0 Å². The largest absolute Gasteiger partial charge is 0.168 e. The molecule has 0 saturated carbocycles. The normalized spacial score (nSPS) is 15.6. The van der Waals surface area contributed by atoms with Crippen LogP contribution in [0.2, 0.25) is 0 Å². The van der Waals surface area contributed by atoms with Crippen LogP contribution in [0.1, 0.15) is 11.1 Å². The Kier molecular flexibility index (Phi) is 10.9. The van der Waals surface area contributed by atoms with Gasteiger partial charge in [-0.3, -0.25) is 0 Å². The van der Waals surface area contributed by atoms with Crippen LogP contribution in [0, 0.1) is 5.41 Å². The average Bonchev–Trinajstić information content (AvgIpc) is 3.34. The van der Waals surface area contributed by atoms with Gasteiger partial charge in [-0.2, -0.15) is 34.9 Å². The van der Waals surface area contributed by atoms with Gasteiger partial charge < -0.3 is 24.8 Å². The Bertz CT molecular complexity index is 891. The van der Waals surface area contributed by atoms with E-state index in [0.717, 1.165) is 22.7 Å². The topological polar surface area (TPSA) is 0 Å². The first-order chi connectivity index (χ1) is 11.8. The second-order valence-corrected chi connectivity index (χ2v) is 7.69. The summed E-state index contributed by atoms with van der Waals surface area (Å²) in [6.45, 7) is 0. The van der Waals surface area contributed by atoms with E-state index in [1.165, 1.54) is 33.0 Å². The number of allylic oxidation sites excluding steroid dienone is 1. The molecule has 1 atom stereocenters. The fraction of sp³-hybridized carbons (Fsp3) is 0.0500. The van der Waals surface area contributed by atoms with Gasteiger partial charge in [0.15, 0.2) is 0 Å². The van der Waals surface area contributed by atoms with E-state index in [2.05, 4.69) is 103 Å². The number of alkyl halides is 1. The third-order valence-electron chi connectivity index (χ3n) is 3.89. The maximum Gasteiger partial charge on any atom is -0.0809 e. The first kappa shape index (κ1) is 24.1. The Balaban J connectivity index is 0.000000232. The van der Waals surface area contributed by atoms with E-state index >= 15 is 0 Å². The summed E-state index contributed by atoms with van der Waals surface area (Å²) >= 11 is 6.46. The summed E-state index contributed by atoms with van der Waals surface area (Å²) in [7, 11) is 4.17. The number of fused-ring (bicyclic) bond motifs is 4. The molecule has 3 aromatic carbocycles. The zero-order valence-corrected chi connectivity index (χ0v) is 20.6. The number of thioether (sulfide) groups is 1. The van der Waals surface area contributed by atoms with Crippen LogP contribution >= 0.6 is 36.5 Å². The van der Waals surface area contributed by atoms with Crippen molar-refractivity contribution in [3.8, 4) is 0 Å². The second-order valence-electron chi connectivity index (χ2n) is 5.25. The van der Waals surface area contributed by atoms with Gasteiger partial charge in [-0.05, 0) is 0 Å². The van der Waals surface area contributed by atoms with E-state index in [-0.39, 0.29) is 24.8 Å². The molecule has 1 aliphatic carbocycles. The number of benzene rings is 2. The Hall–Kier alpha value is 0.0431. The Morgan fingerprint density at radius 3 is 2.46 bits per heavy atom. The van der Waals surface area contributed by atoms with Crippen molar-refractivity contribution in [3.05, 3.63) is 88.8 Å². The third kappa shape index (κ3) is 5.31. The molecule has 3 aromatic rings. The molecule has 0 nitrogen and oxygen atoms in total. The van der Waals surface area contributed by atoms with E-state index in [9.17, 15) is 0 Å². The van der Waals surface area contributed by atoms with Crippen molar-refractivity contribution < 1.29 is 47.5 Å². The predicted molar refractivity (Wildman–Crippen MR) is 109 cm³/mol. The minimum atomic E-state index is 0. The minimum absolute atomic E-state index is 0. The van der Waals surface area contributed by atoms with E-state index in [1.54, 1.807) is 11.8 Å². The molecule has 0 aromatic heterocycles. The van der Waals surface area contributed by atoms with Crippen LogP contribution in [0.25, 0.3) is 22.4 Å². The van der Waals surface area contributed by atoms with Gasteiger partial charge in [0, 0.05) is 4.16 Å². The molecule has 5 rings (SSSR count). The Morgan fingerprint density at radius 1 is 1.00 bits per heavy atom. The smallest absolute Gasteiger partial charge is 0.0809 e. The van der Waals surface area contributed by atoms with Crippen molar-refractivity contribution in [1.29, 1.82) is 0 Å². The zero-order chi connectivity index (χ0) is 16.9. The molecule has 0 N–H and O–H groups in total. The third-order valence-corrected chi connectivity index (χ3v) is 5.72. The summed E-state index contributed by atoms with van der Waals surface area (Å²) < 4.78 is 0.398. The standard InChI is InChI=1S/C11H6BrS.C9H7.2ClH.S.Zr/c12-11-9-5-7-3-1-2-4-8(7)10(9)6-13-11;1-2-5-9-7-3-6-8(9)4-1;;;;/h1-5,11H;1-7H;2*1H;;/q2*-1;;;;+2/p-2. The van der Waals surface area contributed by atoms with Crippen LogP contribution in [-0.4, -0.2) is 4.16 Å². The molecule has 0 saturated heterocycles. The molecule has 26 heavy (non-hydrogen) atoms. The summed E-state index contributed by atoms with van der Waals surface area (Å²) in [6, 6.07) is 23.1. The fourth-order valence-electron chi connectivity index (χ4n) is 2.78. The molecule has 2 aliphatic rings. The summed E-state index contributed by atoms with van der Waals surface area (Å²) in [6.07, 6.45) is 2.25. The quantitative estimate of drug-likeness (QED) is 0.297. The van der Waals surface area contributed by atoms with Crippen molar-refractivity contribution in [2.75, 3.05) is 0 Å². The average molecular weight is 559 g/mol. The van der Waals surface area contributed by atoms with Gasteiger partial charge >= 0.3 is 31.5 Å². The molecule has 132 valence electrons. The van der Waals surface area contributed by atoms with E-state index < -0.39 is 0 Å². The Morgan fingerprint density at radius 2 is 1.69 bits per heavy atom. The van der Waals surface area contributed by atoms with E-state index in [4.69, 9.17) is 0 Å². The molecule has 0 spiro atoms. The van der Waals surface area contributed by atoms with Crippen LogP contribution in [-0.2, 0) is 22.7 Å². The number of halogens is 3. The van der Waals surface area contributed by atoms with Gasteiger partial charge in [0.1, 0.15) is 0 Å². The van der Waals surface area contributed by atoms with Crippen LogP contribution < -0.4 is 24.8 Å². The molecule has 0 bridgehead atoms. The SMILES string of the molecule is BrC1S[C-]=C2C1=Cc1ccccc12.[Cl-].[Cl-].[S]=[Zr+2].c1ccc2[cH-]ccc2c1. The molecular formula is C20H13BrCl2S2Zr-2. The van der Waals surface area contributed by atoms with Crippen LogP contribution in [0.5, 0.6) is 0 Å². The summed E-state index contributed by atoms with van der Waals surface area (Å²) in [4.78, 5) is 0. The number of rotatable bonds is 0. The van der Waals surface area contributed by atoms with Crippen LogP contribution in [0.4, 0.5) is 0 Å². The molecule has 1 unspecified atom stereocenters. The number of hydrogen-bond acceptors (Lipinski definition) is 2. The van der Waals surface area contributed by atoms with Crippen molar-refractivity contribution in [2.45, 2.75) is 4.16 Å². The van der Waals surface area contributed by atoms with E-state index in [0.29, 0.717) is 4.16 Å². The van der Waals surface area contributed by atoms with Gasteiger partial charge in [0.25, 0.3) is 0 Å². The maximum absolute atomic E-state index is 4.17. The molecular weight excluding hydrogens is 546 g/mol. The van der Waals surface area contributed by atoms with Gasteiger partial charge in [0.05, 0.1) is 0 Å². The summed E-state index contributed by atoms with van der Waals surface area (Å²) in [5.41, 5.74) is 5.30. The first-order valence-corrected chi connectivity index (χ1v) is 12.6. The molecule has 0 amide bonds.